The molecule has 0 amide bonds. The van der Waals surface area contributed by atoms with Crippen LogP contribution in [0.25, 0.3) is 0 Å². The van der Waals surface area contributed by atoms with Crippen LogP contribution in [-0.2, 0) is 4.74 Å². The molecule has 0 spiro atoms. The first kappa shape index (κ1) is 13.9. The highest BCUT2D eigenvalue weighted by Gasteiger charge is 2.14. The molecule has 106 valence electrons. The summed E-state index contributed by atoms with van der Waals surface area (Å²) in [7, 11) is 0. The van der Waals surface area contributed by atoms with Gasteiger partial charge < -0.3 is 21.1 Å². The highest BCUT2D eigenvalue weighted by Crippen LogP contribution is 2.16. The molecular formula is C13H23N5O. The molecule has 2 heterocycles. The molecule has 1 aromatic rings. The van der Waals surface area contributed by atoms with Crippen LogP contribution in [0.2, 0.25) is 0 Å². The van der Waals surface area contributed by atoms with Crippen molar-refractivity contribution < 1.29 is 4.74 Å². The summed E-state index contributed by atoms with van der Waals surface area (Å²) in [5.41, 5.74) is 5.70. The Morgan fingerprint density at radius 2 is 2.05 bits per heavy atom. The summed E-state index contributed by atoms with van der Waals surface area (Å²) in [4.78, 5) is 8.33. The van der Waals surface area contributed by atoms with Gasteiger partial charge in [0.05, 0.1) is 6.10 Å². The molecule has 6 heteroatoms. The molecule has 2 rings (SSSR count). The van der Waals surface area contributed by atoms with Crippen LogP contribution in [0, 0.1) is 0 Å². The molecule has 1 atom stereocenters. The molecule has 1 aliphatic rings. The number of ether oxygens (including phenoxy) is 1. The summed E-state index contributed by atoms with van der Waals surface area (Å²) in [5, 5.41) is 6.49. The second kappa shape index (κ2) is 7.13. The number of anilines is 3. The molecule has 6 nitrogen and oxygen atoms in total. The van der Waals surface area contributed by atoms with E-state index in [0.29, 0.717) is 12.1 Å². The van der Waals surface area contributed by atoms with E-state index in [1.807, 2.05) is 6.07 Å². The van der Waals surface area contributed by atoms with Gasteiger partial charge in [0.15, 0.2) is 0 Å². The van der Waals surface area contributed by atoms with E-state index in [1.54, 1.807) is 0 Å². The maximum Gasteiger partial charge on any atom is 0.223 e. The normalized spacial score (nSPS) is 18.5. The van der Waals surface area contributed by atoms with E-state index in [-0.39, 0.29) is 0 Å². The van der Waals surface area contributed by atoms with Crippen molar-refractivity contribution in [3.05, 3.63) is 6.07 Å². The maximum absolute atomic E-state index is 5.70. The van der Waals surface area contributed by atoms with E-state index in [1.165, 1.54) is 6.42 Å². The number of hydrogen-bond acceptors (Lipinski definition) is 6. The van der Waals surface area contributed by atoms with Gasteiger partial charge in [0.25, 0.3) is 0 Å². The topological polar surface area (TPSA) is 85.1 Å². The zero-order valence-electron chi connectivity index (χ0n) is 11.5. The molecule has 0 aliphatic carbocycles. The van der Waals surface area contributed by atoms with E-state index in [2.05, 4.69) is 27.5 Å². The van der Waals surface area contributed by atoms with Crippen LogP contribution in [0.5, 0.6) is 0 Å². The Bertz CT molecular complexity index is 393. The third-order valence-corrected chi connectivity index (χ3v) is 3.10. The highest BCUT2D eigenvalue weighted by atomic mass is 16.5. The Morgan fingerprint density at radius 1 is 1.32 bits per heavy atom. The van der Waals surface area contributed by atoms with Crippen LogP contribution in [0.15, 0.2) is 6.07 Å². The molecule has 1 aromatic heterocycles. The second-order valence-corrected chi connectivity index (χ2v) is 4.77. The first-order valence-electron chi connectivity index (χ1n) is 7.02. The first-order chi connectivity index (χ1) is 9.28. The molecule has 0 radical (unpaired) electrons. The molecule has 4 N–H and O–H groups in total. The summed E-state index contributed by atoms with van der Waals surface area (Å²) in [5.74, 6) is 1.83. The van der Waals surface area contributed by atoms with Gasteiger partial charge in [-0.2, -0.15) is 9.97 Å². The van der Waals surface area contributed by atoms with Crippen molar-refractivity contribution in [2.45, 2.75) is 38.7 Å². The molecule has 1 unspecified atom stereocenters. The standard InChI is InChI=1S/C13H23N5O/c1-2-6-15-11-9-12(18-13(14)17-11)16-7-5-10-4-3-8-19-10/h9-10H,2-8H2,1H3,(H4,14,15,16,17,18). The summed E-state index contributed by atoms with van der Waals surface area (Å²) in [6, 6.07) is 1.89. The molecule has 0 bridgehead atoms. The van der Waals surface area contributed by atoms with Gasteiger partial charge in [0.1, 0.15) is 11.6 Å². The van der Waals surface area contributed by atoms with Gasteiger partial charge in [-0.3, -0.25) is 0 Å². The molecule has 19 heavy (non-hydrogen) atoms. The lowest BCUT2D eigenvalue weighted by Gasteiger charge is -2.12. The lowest BCUT2D eigenvalue weighted by molar-refractivity contribution is 0.107. The number of aromatic nitrogens is 2. The van der Waals surface area contributed by atoms with Gasteiger partial charge in [-0.25, -0.2) is 0 Å². The number of rotatable bonds is 7. The fourth-order valence-electron chi connectivity index (χ4n) is 2.13. The lowest BCUT2D eigenvalue weighted by Crippen LogP contribution is -2.14. The maximum atomic E-state index is 5.70. The van der Waals surface area contributed by atoms with Gasteiger partial charge >= 0.3 is 0 Å². The van der Waals surface area contributed by atoms with E-state index in [9.17, 15) is 0 Å². The fourth-order valence-corrected chi connectivity index (χ4v) is 2.13. The van der Waals surface area contributed by atoms with Crippen molar-refractivity contribution in [3.8, 4) is 0 Å². The molecule has 0 saturated carbocycles. The number of nitrogens with two attached hydrogens (primary N) is 1. The monoisotopic (exact) mass is 265 g/mol. The average molecular weight is 265 g/mol. The molecule has 1 fully saturated rings. The van der Waals surface area contributed by atoms with Crippen LogP contribution >= 0.6 is 0 Å². The Kier molecular flexibility index (Phi) is 5.20. The van der Waals surface area contributed by atoms with Crippen molar-refractivity contribution >= 4 is 17.6 Å². The molecule has 0 aromatic carbocycles. The van der Waals surface area contributed by atoms with Crippen molar-refractivity contribution in [1.29, 1.82) is 0 Å². The largest absolute Gasteiger partial charge is 0.378 e. The molecular weight excluding hydrogens is 242 g/mol. The molecule has 1 aliphatic heterocycles. The predicted octanol–water partition coefficient (Wildman–Crippen LogP) is 1.86. The van der Waals surface area contributed by atoms with Crippen LogP contribution in [0.3, 0.4) is 0 Å². The summed E-state index contributed by atoms with van der Waals surface area (Å²) < 4.78 is 5.58. The number of nitrogens with one attached hydrogen (secondary N) is 2. The van der Waals surface area contributed by atoms with E-state index < -0.39 is 0 Å². The van der Waals surface area contributed by atoms with Crippen LogP contribution in [-0.4, -0.2) is 35.8 Å². The van der Waals surface area contributed by atoms with E-state index in [0.717, 1.165) is 50.6 Å². The van der Waals surface area contributed by atoms with Crippen LogP contribution < -0.4 is 16.4 Å². The van der Waals surface area contributed by atoms with Gasteiger partial charge in [-0.1, -0.05) is 6.92 Å². The minimum Gasteiger partial charge on any atom is -0.378 e. The van der Waals surface area contributed by atoms with Crippen molar-refractivity contribution in [1.82, 2.24) is 9.97 Å². The quantitative estimate of drug-likeness (QED) is 0.698. The van der Waals surface area contributed by atoms with Gasteiger partial charge in [0.2, 0.25) is 5.95 Å². The molecule has 1 saturated heterocycles. The number of hydrogen-bond donors (Lipinski definition) is 3. The van der Waals surface area contributed by atoms with Gasteiger partial charge in [0, 0.05) is 25.8 Å². The Hall–Kier alpha value is -1.56. The third kappa shape index (κ3) is 4.55. The smallest absolute Gasteiger partial charge is 0.223 e. The average Bonchev–Trinajstić information content (AvgIpc) is 2.89. The van der Waals surface area contributed by atoms with E-state index in [4.69, 9.17) is 10.5 Å². The first-order valence-corrected chi connectivity index (χ1v) is 7.02. The zero-order valence-corrected chi connectivity index (χ0v) is 11.5. The Labute approximate surface area is 114 Å². The van der Waals surface area contributed by atoms with Crippen molar-refractivity contribution in [2.24, 2.45) is 0 Å². The number of nitrogens with zero attached hydrogens (tertiary/aromatic N) is 2. The van der Waals surface area contributed by atoms with Gasteiger partial charge in [-0.05, 0) is 25.7 Å². The second-order valence-electron chi connectivity index (χ2n) is 4.77. The van der Waals surface area contributed by atoms with Crippen molar-refractivity contribution in [3.63, 3.8) is 0 Å². The summed E-state index contributed by atoms with van der Waals surface area (Å²) >= 11 is 0. The van der Waals surface area contributed by atoms with Gasteiger partial charge in [-0.15, -0.1) is 0 Å². The minimum absolute atomic E-state index is 0.292. The van der Waals surface area contributed by atoms with Crippen LogP contribution in [0.4, 0.5) is 17.6 Å². The SMILES string of the molecule is CCCNc1cc(NCCC2CCCO2)nc(N)n1. The Morgan fingerprint density at radius 3 is 2.68 bits per heavy atom. The summed E-state index contributed by atoms with van der Waals surface area (Å²) in [6.45, 7) is 4.73. The van der Waals surface area contributed by atoms with Crippen LogP contribution in [0.1, 0.15) is 32.6 Å². The van der Waals surface area contributed by atoms with E-state index >= 15 is 0 Å². The fraction of sp³-hybridized carbons (Fsp3) is 0.692. The number of nitrogen functional groups attached to an aromatic ring is 1. The highest BCUT2D eigenvalue weighted by molar-refractivity contribution is 5.50. The minimum atomic E-state index is 0.292. The Balaban J connectivity index is 1.82. The van der Waals surface area contributed by atoms with Crippen molar-refractivity contribution in [2.75, 3.05) is 36.1 Å². The predicted molar refractivity (Wildman–Crippen MR) is 77.3 cm³/mol. The zero-order chi connectivity index (χ0) is 13.5. The lowest BCUT2D eigenvalue weighted by atomic mass is 10.2. The third-order valence-electron chi connectivity index (χ3n) is 3.10. The summed E-state index contributed by atoms with van der Waals surface area (Å²) in [6.07, 6.45) is 4.78.